The normalized spacial score (nSPS) is 11.5. The number of nitrogens with one attached hydrogen (secondary N) is 1. The lowest BCUT2D eigenvalue weighted by Crippen LogP contribution is -2.30. The molecule has 1 amide bonds. The first-order valence-corrected chi connectivity index (χ1v) is 7.77. The molecule has 0 saturated heterocycles. The Labute approximate surface area is 149 Å². The molecule has 2 aromatic rings. The molecule has 5 nitrogen and oxygen atoms in total. The maximum atomic E-state index is 12.2. The summed E-state index contributed by atoms with van der Waals surface area (Å²) >= 11 is 11.8. The molecule has 2 aromatic carbocycles. The van der Waals surface area contributed by atoms with Crippen LogP contribution in [0.15, 0.2) is 42.5 Å². The molecule has 0 aliphatic rings. The van der Waals surface area contributed by atoms with Crippen molar-refractivity contribution in [2.75, 3.05) is 12.4 Å². The highest BCUT2D eigenvalue weighted by molar-refractivity contribution is 6.36. The van der Waals surface area contributed by atoms with Crippen LogP contribution < -0.4 is 10.1 Å². The number of esters is 1. The number of halogens is 2. The Bertz CT molecular complexity index is 764. The van der Waals surface area contributed by atoms with Crippen LogP contribution in [0.3, 0.4) is 0 Å². The summed E-state index contributed by atoms with van der Waals surface area (Å²) in [5.74, 6) is -0.490. The smallest absolute Gasteiger partial charge is 0.337 e. The number of ether oxygens (including phenoxy) is 2. The minimum absolute atomic E-state index is 0.329. The summed E-state index contributed by atoms with van der Waals surface area (Å²) in [6.07, 6.45) is -0.801. The van der Waals surface area contributed by atoms with E-state index in [0.29, 0.717) is 27.0 Å². The number of amides is 1. The van der Waals surface area contributed by atoms with E-state index in [1.165, 1.54) is 19.2 Å². The van der Waals surface area contributed by atoms with Crippen molar-refractivity contribution in [3.63, 3.8) is 0 Å². The van der Waals surface area contributed by atoms with Crippen LogP contribution in [-0.4, -0.2) is 25.1 Å². The average molecular weight is 368 g/mol. The zero-order valence-corrected chi connectivity index (χ0v) is 14.5. The van der Waals surface area contributed by atoms with Crippen LogP contribution in [-0.2, 0) is 9.53 Å². The van der Waals surface area contributed by atoms with Crippen LogP contribution >= 0.6 is 23.2 Å². The molecule has 1 atom stereocenters. The number of benzene rings is 2. The number of carbonyl (C=O) groups is 2. The molecule has 1 N–H and O–H groups in total. The van der Waals surface area contributed by atoms with Crippen LogP contribution in [0, 0.1) is 0 Å². The first-order chi connectivity index (χ1) is 11.4. The molecule has 126 valence electrons. The van der Waals surface area contributed by atoms with Crippen molar-refractivity contribution >= 4 is 40.8 Å². The van der Waals surface area contributed by atoms with Gasteiger partial charge in [-0.05, 0) is 43.3 Å². The van der Waals surface area contributed by atoms with E-state index < -0.39 is 12.1 Å². The van der Waals surface area contributed by atoms with Gasteiger partial charge in [0.05, 0.1) is 23.4 Å². The number of carbonyl (C=O) groups excluding carboxylic acids is 2. The lowest BCUT2D eigenvalue weighted by Gasteiger charge is -2.16. The Kier molecular flexibility index (Phi) is 6.06. The third-order valence-corrected chi connectivity index (χ3v) is 3.67. The Morgan fingerprint density at radius 1 is 1.12 bits per heavy atom. The second kappa shape index (κ2) is 8.04. The van der Waals surface area contributed by atoms with Crippen LogP contribution in [0.2, 0.25) is 10.0 Å². The van der Waals surface area contributed by atoms with Gasteiger partial charge >= 0.3 is 5.97 Å². The first kappa shape index (κ1) is 18.1. The van der Waals surface area contributed by atoms with Crippen LogP contribution in [0.4, 0.5) is 5.69 Å². The van der Waals surface area contributed by atoms with Gasteiger partial charge in [-0.25, -0.2) is 4.79 Å². The summed E-state index contributed by atoms with van der Waals surface area (Å²) in [5.41, 5.74) is 0.771. The van der Waals surface area contributed by atoms with E-state index in [-0.39, 0.29) is 5.91 Å². The molecule has 7 heteroatoms. The van der Waals surface area contributed by atoms with Gasteiger partial charge in [-0.1, -0.05) is 29.3 Å². The quantitative estimate of drug-likeness (QED) is 0.804. The van der Waals surface area contributed by atoms with Crippen molar-refractivity contribution in [1.29, 1.82) is 0 Å². The fraction of sp³-hybridized carbons (Fsp3) is 0.176. The van der Waals surface area contributed by atoms with Crippen molar-refractivity contribution in [3.8, 4) is 5.75 Å². The molecule has 0 radical (unpaired) electrons. The molecule has 0 aromatic heterocycles. The lowest BCUT2D eigenvalue weighted by molar-refractivity contribution is -0.122. The average Bonchev–Trinajstić information content (AvgIpc) is 2.56. The molecule has 0 aliphatic heterocycles. The highest BCUT2D eigenvalue weighted by atomic mass is 35.5. The van der Waals surface area contributed by atoms with Crippen LogP contribution in [0.1, 0.15) is 17.3 Å². The highest BCUT2D eigenvalue weighted by Gasteiger charge is 2.17. The number of hydrogen-bond donors (Lipinski definition) is 1. The summed E-state index contributed by atoms with van der Waals surface area (Å²) in [4.78, 5) is 23.7. The fourth-order valence-corrected chi connectivity index (χ4v) is 2.35. The minimum Gasteiger partial charge on any atom is -0.481 e. The molecule has 0 spiro atoms. The molecule has 0 fully saturated rings. The second-order valence-electron chi connectivity index (χ2n) is 4.89. The monoisotopic (exact) mass is 367 g/mol. The van der Waals surface area contributed by atoms with E-state index in [1.807, 2.05) is 0 Å². The molecule has 2 rings (SSSR count). The summed E-state index contributed by atoms with van der Waals surface area (Å²) in [7, 11) is 1.29. The second-order valence-corrected chi connectivity index (χ2v) is 5.74. The number of rotatable bonds is 5. The maximum absolute atomic E-state index is 12.2. The van der Waals surface area contributed by atoms with E-state index >= 15 is 0 Å². The fourth-order valence-electron chi connectivity index (χ4n) is 1.90. The Morgan fingerprint density at radius 2 is 1.88 bits per heavy atom. The number of hydrogen-bond acceptors (Lipinski definition) is 4. The van der Waals surface area contributed by atoms with Gasteiger partial charge in [-0.15, -0.1) is 0 Å². The van der Waals surface area contributed by atoms with Crippen molar-refractivity contribution < 1.29 is 19.1 Å². The van der Waals surface area contributed by atoms with Gasteiger partial charge in [0.1, 0.15) is 5.75 Å². The van der Waals surface area contributed by atoms with Crippen LogP contribution in [0.25, 0.3) is 0 Å². The van der Waals surface area contributed by atoms with Crippen molar-refractivity contribution in [3.05, 3.63) is 58.1 Å². The third-order valence-electron chi connectivity index (χ3n) is 3.13. The maximum Gasteiger partial charge on any atom is 0.337 e. The molecule has 0 heterocycles. The van der Waals surface area contributed by atoms with E-state index in [0.717, 1.165) is 0 Å². The molecular formula is C17H15Cl2NO4. The predicted octanol–water partition coefficient (Wildman–Crippen LogP) is 4.19. The Hall–Kier alpha value is -2.24. The minimum atomic E-state index is -0.801. The van der Waals surface area contributed by atoms with Gasteiger partial charge in [-0.2, -0.15) is 0 Å². The van der Waals surface area contributed by atoms with E-state index in [9.17, 15) is 9.59 Å². The van der Waals surface area contributed by atoms with Gasteiger partial charge in [-0.3, -0.25) is 4.79 Å². The Morgan fingerprint density at radius 3 is 2.54 bits per heavy atom. The largest absolute Gasteiger partial charge is 0.481 e. The van der Waals surface area contributed by atoms with Gasteiger partial charge in [0.25, 0.3) is 5.91 Å². The molecule has 0 unspecified atom stereocenters. The van der Waals surface area contributed by atoms with Gasteiger partial charge < -0.3 is 14.8 Å². The zero-order chi connectivity index (χ0) is 17.7. The zero-order valence-electron chi connectivity index (χ0n) is 13.0. The van der Waals surface area contributed by atoms with Gasteiger partial charge in [0, 0.05) is 5.02 Å². The SMILES string of the molecule is COC(=O)c1cccc(O[C@H](C)C(=O)Nc2ccc(Cl)cc2Cl)c1. The highest BCUT2D eigenvalue weighted by Crippen LogP contribution is 2.25. The lowest BCUT2D eigenvalue weighted by atomic mass is 10.2. The summed E-state index contributed by atoms with van der Waals surface area (Å²) in [5, 5.41) is 3.46. The predicted molar refractivity (Wildman–Crippen MR) is 93.0 cm³/mol. The van der Waals surface area contributed by atoms with Gasteiger partial charge in [0.2, 0.25) is 0 Å². The molecule has 0 saturated carbocycles. The molecule has 24 heavy (non-hydrogen) atoms. The van der Waals surface area contributed by atoms with E-state index in [4.69, 9.17) is 27.9 Å². The van der Waals surface area contributed by atoms with Crippen molar-refractivity contribution in [1.82, 2.24) is 0 Å². The summed E-state index contributed by atoms with van der Waals surface area (Å²) in [6.45, 7) is 1.59. The molecule has 0 bridgehead atoms. The summed E-state index contributed by atoms with van der Waals surface area (Å²) in [6, 6.07) is 11.1. The molecule has 0 aliphatic carbocycles. The first-order valence-electron chi connectivity index (χ1n) is 7.01. The van der Waals surface area contributed by atoms with E-state index in [2.05, 4.69) is 10.1 Å². The van der Waals surface area contributed by atoms with Crippen molar-refractivity contribution in [2.45, 2.75) is 13.0 Å². The number of methoxy groups -OCH3 is 1. The van der Waals surface area contributed by atoms with Crippen molar-refractivity contribution in [2.24, 2.45) is 0 Å². The third kappa shape index (κ3) is 4.63. The van der Waals surface area contributed by atoms with Crippen LogP contribution in [0.5, 0.6) is 5.75 Å². The topological polar surface area (TPSA) is 64.6 Å². The summed E-state index contributed by atoms with van der Waals surface area (Å²) < 4.78 is 10.2. The molecular weight excluding hydrogens is 353 g/mol. The standard InChI is InChI=1S/C17H15Cl2NO4/c1-10(16(21)20-15-7-6-12(18)9-14(15)19)24-13-5-3-4-11(8-13)17(22)23-2/h3-10H,1-2H3,(H,20,21)/t10-/m1/s1. The number of anilines is 1. The van der Waals surface area contributed by atoms with E-state index in [1.54, 1.807) is 37.3 Å². The van der Waals surface area contributed by atoms with Gasteiger partial charge in [0.15, 0.2) is 6.10 Å². The Balaban J connectivity index is 2.05.